The number of halogens is 1. The van der Waals surface area contributed by atoms with E-state index in [9.17, 15) is 5.26 Å². The summed E-state index contributed by atoms with van der Waals surface area (Å²) in [7, 11) is 0. The van der Waals surface area contributed by atoms with Crippen LogP contribution in [0.3, 0.4) is 0 Å². The van der Waals surface area contributed by atoms with E-state index in [1.165, 1.54) is 0 Å². The smallest absolute Gasteiger partial charge is 0.228 e. The van der Waals surface area contributed by atoms with Crippen LogP contribution in [0.1, 0.15) is 18.4 Å². The number of anilines is 3. The van der Waals surface area contributed by atoms with E-state index < -0.39 is 0 Å². The fraction of sp³-hybridized carbons (Fsp3) is 0.286. The van der Waals surface area contributed by atoms with Gasteiger partial charge in [0.1, 0.15) is 17.5 Å². The highest BCUT2D eigenvalue weighted by Gasteiger charge is 2.20. The Morgan fingerprint density at radius 2 is 1.76 bits per heavy atom. The minimum Gasteiger partial charge on any atom is -0.384 e. The van der Waals surface area contributed by atoms with E-state index in [2.05, 4.69) is 26.6 Å². The Bertz CT molecular complexity index is 1400. The van der Waals surface area contributed by atoms with E-state index in [1.807, 2.05) is 54.6 Å². The maximum Gasteiger partial charge on any atom is 0.228 e. The first-order chi connectivity index (χ1) is 18.2. The molecule has 0 unspecified atom stereocenters. The van der Waals surface area contributed by atoms with Crippen LogP contribution in [0.25, 0.3) is 22.2 Å². The number of hydrogen-bond donors (Lipinski definition) is 2. The van der Waals surface area contributed by atoms with Crippen molar-refractivity contribution in [3.8, 4) is 17.3 Å². The molecule has 3 heterocycles. The molecule has 1 fully saturated rings. The third-order valence-electron chi connectivity index (χ3n) is 6.27. The lowest BCUT2D eigenvalue weighted by molar-refractivity contribution is 0.122. The van der Waals surface area contributed by atoms with Crippen molar-refractivity contribution in [2.24, 2.45) is 0 Å². The number of nitrogens with one attached hydrogen (secondary N) is 2. The monoisotopic (exact) mass is 513 g/mol. The van der Waals surface area contributed by atoms with Gasteiger partial charge < -0.3 is 20.3 Å². The summed E-state index contributed by atoms with van der Waals surface area (Å²) in [5.41, 5.74) is 3.92. The molecule has 0 spiro atoms. The number of nitriles is 1. The average molecular weight is 514 g/mol. The molecule has 188 valence electrons. The van der Waals surface area contributed by atoms with Crippen molar-refractivity contribution < 1.29 is 4.74 Å². The molecule has 9 heteroatoms. The van der Waals surface area contributed by atoms with Crippen molar-refractivity contribution in [1.29, 1.82) is 5.26 Å². The fourth-order valence-electron chi connectivity index (χ4n) is 4.35. The third kappa shape index (κ3) is 5.91. The van der Waals surface area contributed by atoms with E-state index in [0.29, 0.717) is 47.8 Å². The predicted molar refractivity (Wildman–Crippen MR) is 148 cm³/mol. The summed E-state index contributed by atoms with van der Waals surface area (Å²) in [6.45, 7) is 4.23. The van der Waals surface area contributed by atoms with Gasteiger partial charge >= 0.3 is 0 Å². The molecule has 37 heavy (non-hydrogen) atoms. The Hall–Kier alpha value is -3.93. The summed E-state index contributed by atoms with van der Waals surface area (Å²) < 4.78 is 5.49. The first-order valence-corrected chi connectivity index (χ1v) is 12.8. The van der Waals surface area contributed by atoms with E-state index in [-0.39, 0.29) is 0 Å². The minimum absolute atomic E-state index is 0.461. The lowest BCUT2D eigenvalue weighted by Gasteiger charge is -2.27. The first-order valence-electron chi connectivity index (χ1n) is 12.5. The predicted octanol–water partition coefficient (Wildman–Crippen LogP) is 5.36. The molecule has 0 amide bonds. The zero-order valence-corrected chi connectivity index (χ0v) is 21.2. The highest BCUT2D eigenvalue weighted by molar-refractivity contribution is 6.31. The van der Waals surface area contributed by atoms with Crippen LogP contribution in [0.2, 0.25) is 5.02 Å². The van der Waals surface area contributed by atoms with Crippen molar-refractivity contribution in [3.63, 3.8) is 0 Å². The Balaban J connectivity index is 1.25. The fourth-order valence-corrected chi connectivity index (χ4v) is 4.51. The highest BCUT2D eigenvalue weighted by atomic mass is 35.5. The topological polar surface area (TPSA) is 99.0 Å². The molecular weight excluding hydrogens is 486 g/mol. The number of benzene rings is 2. The number of ether oxygens (including phenoxy) is 1. The van der Waals surface area contributed by atoms with Crippen molar-refractivity contribution in [3.05, 3.63) is 71.4 Å². The number of rotatable bonds is 9. The third-order valence-corrected chi connectivity index (χ3v) is 6.50. The maximum absolute atomic E-state index is 10.0. The van der Waals surface area contributed by atoms with Crippen LogP contribution in [-0.4, -0.2) is 54.3 Å². The van der Waals surface area contributed by atoms with Crippen LogP contribution >= 0.6 is 11.6 Å². The van der Waals surface area contributed by atoms with E-state index in [1.54, 1.807) is 6.20 Å². The lowest BCUT2D eigenvalue weighted by atomic mass is 10.1. The highest BCUT2D eigenvalue weighted by Crippen LogP contribution is 2.29. The molecule has 0 saturated carbocycles. The van der Waals surface area contributed by atoms with E-state index >= 15 is 0 Å². The summed E-state index contributed by atoms with van der Waals surface area (Å²) in [5, 5.41) is 18.6. The standard InChI is InChI=1S/C28H28ClN7O/c29-21-8-9-22-24(10-13-32-25(22)18-21)31-11-4-5-12-33-27-23(19-30)26(20-6-2-1-3-7-20)34-28(35-27)36-14-16-37-17-15-36/h1-3,6-10,13,18H,4-5,11-12,14-17H2,(H,31,32)(H,33,34,35). The van der Waals surface area contributed by atoms with Crippen LogP contribution in [0.4, 0.5) is 17.5 Å². The van der Waals surface area contributed by atoms with Gasteiger partial charge in [0, 0.05) is 54.0 Å². The number of unbranched alkanes of at least 4 members (excludes halogenated alkanes) is 1. The summed E-state index contributed by atoms with van der Waals surface area (Å²) >= 11 is 6.10. The van der Waals surface area contributed by atoms with Crippen LogP contribution in [0, 0.1) is 11.3 Å². The lowest BCUT2D eigenvalue weighted by Crippen LogP contribution is -2.37. The summed E-state index contributed by atoms with van der Waals surface area (Å²) in [4.78, 5) is 16.1. The van der Waals surface area contributed by atoms with Crippen LogP contribution < -0.4 is 15.5 Å². The Labute approximate surface area is 221 Å². The number of morpholine rings is 1. The van der Waals surface area contributed by atoms with Gasteiger partial charge in [-0.05, 0) is 37.1 Å². The van der Waals surface area contributed by atoms with Crippen molar-refractivity contribution >= 4 is 40.0 Å². The van der Waals surface area contributed by atoms with Crippen molar-refractivity contribution in [2.45, 2.75) is 12.8 Å². The average Bonchev–Trinajstić information content (AvgIpc) is 2.95. The summed E-state index contributed by atoms with van der Waals surface area (Å²) in [6.07, 6.45) is 3.64. The Morgan fingerprint density at radius 1 is 0.973 bits per heavy atom. The van der Waals surface area contributed by atoms with Crippen molar-refractivity contribution in [1.82, 2.24) is 15.0 Å². The van der Waals surface area contributed by atoms with Crippen molar-refractivity contribution in [2.75, 3.05) is 54.9 Å². The normalized spacial score (nSPS) is 13.4. The maximum atomic E-state index is 10.0. The zero-order valence-electron chi connectivity index (χ0n) is 20.5. The molecule has 2 aromatic carbocycles. The molecule has 0 aliphatic carbocycles. The van der Waals surface area contributed by atoms with Gasteiger partial charge in [-0.25, -0.2) is 4.98 Å². The van der Waals surface area contributed by atoms with Gasteiger partial charge in [-0.2, -0.15) is 10.2 Å². The molecule has 2 aromatic heterocycles. The largest absolute Gasteiger partial charge is 0.384 e. The number of aromatic nitrogens is 3. The molecule has 0 bridgehead atoms. The second kappa shape index (κ2) is 11.9. The van der Waals surface area contributed by atoms with Crippen LogP contribution in [-0.2, 0) is 4.74 Å². The molecule has 0 radical (unpaired) electrons. The Kier molecular flexibility index (Phi) is 7.94. The van der Waals surface area contributed by atoms with Gasteiger partial charge in [0.25, 0.3) is 0 Å². The molecule has 5 rings (SSSR count). The van der Waals surface area contributed by atoms with Gasteiger partial charge in [0.15, 0.2) is 0 Å². The van der Waals surface area contributed by atoms with Gasteiger partial charge in [-0.1, -0.05) is 41.9 Å². The van der Waals surface area contributed by atoms with Gasteiger partial charge in [-0.3, -0.25) is 4.98 Å². The number of nitrogens with zero attached hydrogens (tertiary/aromatic N) is 5. The van der Waals surface area contributed by atoms with E-state index in [0.717, 1.165) is 54.6 Å². The molecular formula is C28H28ClN7O. The molecule has 0 atom stereocenters. The second-order valence-electron chi connectivity index (χ2n) is 8.75. The summed E-state index contributed by atoms with van der Waals surface area (Å²) in [6, 6.07) is 19.8. The van der Waals surface area contributed by atoms with Gasteiger partial charge in [-0.15, -0.1) is 0 Å². The number of hydrogen-bond acceptors (Lipinski definition) is 8. The van der Waals surface area contributed by atoms with Crippen LogP contribution in [0.5, 0.6) is 0 Å². The molecule has 1 saturated heterocycles. The molecule has 8 nitrogen and oxygen atoms in total. The summed E-state index contributed by atoms with van der Waals surface area (Å²) in [5.74, 6) is 1.19. The first kappa shape index (κ1) is 24.8. The Morgan fingerprint density at radius 3 is 2.54 bits per heavy atom. The zero-order chi connectivity index (χ0) is 25.5. The minimum atomic E-state index is 0.461. The quantitative estimate of drug-likeness (QED) is 0.289. The second-order valence-corrected chi connectivity index (χ2v) is 9.19. The molecule has 2 N–H and O–H groups in total. The van der Waals surface area contributed by atoms with Gasteiger partial charge in [0.2, 0.25) is 5.95 Å². The van der Waals surface area contributed by atoms with Gasteiger partial charge in [0.05, 0.1) is 24.4 Å². The number of fused-ring (bicyclic) bond motifs is 1. The van der Waals surface area contributed by atoms with Crippen LogP contribution in [0.15, 0.2) is 60.8 Å². The molecule has 4 aromatic rings. The SMILES string of the molecule is N#Cc1c(NCCCCNc2ccnc3cc(Cl)ccc23)nc(N2CCOCC2)nc1-c1ccccc1. The number of pyridine rings is 1. The molecule has 1 aliphatic rings. The molecule has 1 aliphatic heterocycles. The van der Waals surface area contributed by atoms with E-state index in [4.69, 9.17) is 26.3 Å².